The van der Waals surface area contributed by atoms with Crippen molar-refractivity contribution in [3.05, 3.63) is 39.4 Å². The lowest BCUT2D eigenvalue weighted by molar-refractivity contribution is -0.386. The summed E-state index contributed by atoms with van der Waals surface area (Å²) < 4.78 is 24.9. The van der Waals surface area contributed by atoms with E-state index in [9.17, 15) is 23.7 Å². The first kappa shape index (κ1) is 13.0. The molecule has 7 heteroatoms. The quantitative estimate of drug-likeness (QED) is 0.638. The monoisotopic (exact) mass is 245 g/mol. The van der Waals surface area contributed by atoms with Crippen LogP contribution in [-0.2, 0) is 11.2 Å². The minimum atomic E-state index is -2.93. The normalized spacial score (nSPS) is 10.5. The van der Waals surface area contributed by atoms with Crippen LogP contribution in [0.4, 0.5) is 14.5 Å². The van der Waals surface area contributed by atoms with E-state index in [2.05, 4.69) is 0 Å². The number of benzene rings is 1. The number of carbonyl (C=O) groups is 1. The summed E-state index contributed by atoms with van der Waals surface area (Å²) in [4.78, 5) is 20.0. The summed E-state index contributed by atoms with van der Waals surface area (Å²) >= 11 is 0. The van der Waals surface area contributed by atoms with Gasteiger partial charge in [-0.3, -0.25) is 14.9 Å². The van der Waals surface area contributed by atoms with Gasteiger partial charge in [0, 0.05) is 12.5 Å². The molecule has 92 valence electrons. The van der Waals surface area contributed by atoms with Crippen LogP contribution in [0.15, 0.2) is 18.2 Å². The van der Waals surface area contributed by atoms with E-state index in [1.165, 1.54) is 6.07 Å². The van der Waals surface area contributed by atoms with Gasteiger partial charge in [0.25, 0.3) is 12.1 Å². The van der Waals surface area contributed by atoms with E-state index in [-0.39, 0.29) is 12.8 Å². The first-order valence-corrected chi connectivity index (χ1v) is 4.69. The number of rotatable bonds is 5. The van der Waals surface area contributed by atoms with Crippen LogP contribution < -0.4 is 0 Å². The lowest BCUT2D eigenvalue weighted by Crippen LogP contribution is -2.00. The van der Waals surface area contributed by atoms with Gasteiger partial charge >= 0.3 is 5.97 Å². The predicted octanol–water partition coefficient (Wildman–Crippen LogP) is 2.55. The van der Waals surface area contributed by atoms with Crippen LogP contribution in [0.1, 0.15) is 24.0 Å². The molecule has 0 unspecified atom stereocenters. The Kier molecular flexibility index (Phi) is 4.08. The minimum Gasteiger partial charge on any atom is -0.481 e. The van der Waals surface area contributed by atoms with E-state index in [4.69, 9.17) is 5.11 Å². The van der Waals surface area contributed by atoms with Crippen molar-refractivity contribution < 1.29 is 23.6 Å². The van der Waals surface area contributed by atoms with Crippen molar-refractivity contribution in [1.29, 1.82) is 0 Å². The number of carboxylic acids is 1. The van der Waals surface area contributed by atoms with Gasteiger partial charge in [-0.05, 0) is 18.1 Å². The van der Waals surface area contributed by atoms with Crippen molar-refractivity contribution in [2.45, 2.75) is 19.3 Å². The maximum Gasteiger partial charge on any atom is 0.303 e. The van der Waals surface area contributed by atoms with E-state index >= 15 is 0 Å². The van der Waals surface area contributed by atoms with E-state index in [0.29, 0.717) is 5.56 Å². The van der Waals surface area contributed by atoms with Gasteiger partial charge in [0.05, 0.1) is 10.5 Å². The van der Waals surface area contributed by atoms with Crippen molar-refractivity contribution in [2.75, 3.05) is 0 Å². The topological polar surface area (TPSA) is 80.4 Å². The number of aryl methyl sites for hydroxylation is 1. The molecule has 0 amide bonds. The summed E-state index contributed by atoms with van der Waals surface area (Å²) in [6.07, 6.45) is -3.06. The first-order valence-electron chi connectivity index (χ1n) is 4.69. The summed E-state index contributed by atoms with van der Waals surface area (Å²) in [6, 6.07) is 3.22. The number of carboxylic acid groups (broad SMARTS) is 1. The summed E-state index contributed by atoms with van der Waals surface area (Å²) in [6.45, 7) is 0. The number of nitro benzene ring substituents is 1. The van der Waals surface area contributed by atoms with Crippen molar-refractivity contribution in [1.82, 2.24) is 0 Å². The largest absolute Gasteiger partial charge is 0.481 e. The highest BCUT2D eigenvalue weighted by atomic mass is 19.3. The Hall–Kier alpha value is -2.05. The number of hydrogen-bond donors (Lipinski definition) is 1. The van der Waals surface area contributed by atoms with E-state index in [0.717, 1.165) is 12.1 Å². The third-order valence-corrected chi connectivity index (χ3v) is 2.15. The number of alkyl halides is 2. The second-order valence-electron chi connectivity index (χ2n) is 3.34. The number of hydrogen-bond acceptors (Lipinski definition) is 3. The third kappa shape index (κ3) is 3.47. The van der Waals surface area contributed by atoms with Crippen molar-refractivity contribution in [3.63, 3.8) is 0 Å². The number of aliphatic carboxylic acids is 1. The van der Waals surface area contributed by atoms with Gasteiger partial charge in [-0.15, -0.1) is 0 Å². The van der Waals surface area contributed by atoms with Crippen LogP contribution in [0.25, 0.3) is 0 Å². The molecule has 1 N–H and O–H groups in total. The number of nitro groups is 1. The van der Waals surface area contributed by atoms with E-state index < -0.39 is 28.6 Å². The summed E-state index contributed by atoms with van der Waals surface area (Å²) in [5.74, 6) is -1.05. The molecule has 0 aliphatic rings. The maximum atomic E-state index is 12.4. The lowest BCUT2D eigenvalue weighted by Gasteiger charge is -2.04. The standard InChI is InChI=1S/C10H9F2NO4/c11-10(12)7-3-1-6(2-4-9(14)15)5-8(7)13(16)17/h1,3,5,10H,2,4H2,(H,14,15). The molecule has 1 rings (SSSR count). The molecule has 0 aliphatic carbocycles. The Bertz CT molecular complexity index is 448. The molecule has 0 spiro atoms. The predicted molar refractivity (Wildman–Crippen MR) is 54.0 cm³/mol. The second-order valence-corrected chi connectivity index (χ2v) is 3.34. The molecule has 5 nitrogen and oxygen atoms in total. The highest BCUT2D eigenvalue weighted by molar-refractivity contribution is 5.67. The van der Waals surface area contributed by atoms with Gasteiger partial charge in [-0.2, -0.15) is 0 Å². The molecule has 1 aromatic carbocycles. The SMILES string of the molecule is O=C(O)CCc1ccc(C(F)F)c([N+](=O)[O-])c1. The highest BCUT2D eigenvalue weighted by Crippen LogP contribution is 2.29. The Morgan fingerprint density at radius 3 is 2.59 bits per heavy atom. The van der Waals surface area contributed by atoms with Crippen LogP contribution in [0, 0.1) is 10.1 Å². The summed E-state index contributed by atoms with van der Waals surface area (Å²) in [7, 11) is 0. The molecule has 0 aliphatic heterocycles. The lowest BCUT2D eigenvalue weighted by atomic mass is 10.1. The number of halogens is 2. The Labute approximate surface area is 94.8 Å². The third-order valence-electron chi connectivity index (χ3n) is 2.15. The second kappa shape index (κ2) is 5.33. The van der Waals surface area contributed by atoms with E-state index in [1.54, 1.807) is 0 Å². The Morgan fingerprint density at radius 1 is 1.47 bits per heavy atom. The molecule has 17 heavy (non-hydrogen) atoms. The van der Waals surface area contributed by atoms with Gasteiger partial charge in [0.1, 0.15) is 0 Å². The fourth-order valence-electron chi connectivity index (χ4n) is 1.34. The average molecular weight is 245 g/mol. The molecule has 0 aromatic heterocycles. The minimum absolute atomic E-state index is 0.0691. The van der Waals surface area contributed by atoms with Gasteiger partial charge < -0.3 is 5.11 Å². The van der Waals surface area contributed by atoms with Crippen molar-refractivity contribution in [3.8, 4) is 0 Å². The Balaban J connectivity index is 3.01. The van der Waals surface area contributed by atoms with Gasteiger partial charge in [-0.1, -0.05) is 6.07 Å². The molecule has 1 aromatic rings. The van der Waals surface area contributed by atoms with Crippen LogP contribution in [0.5, 0.6) is 0 Å². The molecule has 0 saturated carbocycles. The summed E-state index contributed by atoms with van der Waals surface area (Å²) in [5, 5.41) is 19.0. The molecule has 0 saturated heterocycles. The van der Waals surface area contributed by atoms with Crippen LogP contribution in [0.3, 0.4) is 0 Å². The molecule has 0 atom stereocenters. The molecule has 0 fully saturated rings. The fourth-order valence-corrected chi connectivity index (χ4v) is 1.34. The van der Waals surface area contributed by atoms with Crippen molar-refractivity contribution in [2.24, 2.45) is 0 Å². The van der Waals surface area contributed by atoms with Gasteiger partial charge in [0.2, 0.25) is 0 Å². The fraction of sp³-hybridized carbons (Fsp3) is 0.300. The summed E-state index contributed by atoms with van der Waals surface area (Å²) in [5.41, 5.74) is -0.986. The first-order chi connectivity index (χ1) is 7.91. The van der Waals surface area contributed by atoms with Crippen LogP contribution in [-0.4, -0.2) is 16.0 Å². The molecule has 0 radical (unpaired) electrons. The molecule has 0 bridgehead atoms. The van der Waals surface area contributed by atoms with Gasteiger partial charge in [-0.25, -0.2) is 8.78 Å². The zero-order valence-electron chi connectivity index (χ0n) is 8.60. The van der Waals surface area contributed by atoms with E-state index in [1.807, 2.05) is 0 Å². The smallest absolute Gasteiger partial charge is 0.303 e. The average Bonchev–Trinajstić information content (AvgIpc) is 2.25. The van der Waals surface area contributed by atoms with Gasteiger partial charge in [0.15, 0.2) is 0 Å². The molecular weight excluding hydrogens is 236 g/mol. The van der Waals surface area contributed by atoms with Crippen molar-refractivity contribution >= 4 is 11.7 Å². The van der Waals surface area contributed by atoms with Crippen LogP contribution in [0.2, 0.25) is 0 Å². The molecule has 0 heterocycles. The highest BCUT2D eigenvalue weighted by Gasteiger charge is 2.21. The zero-order chi connectivity index (χ0) is 13.0. The maximum absolute atomic E-state index is 12.4. The zero-order valence-corrected chi connectivity index (χ0v) is 8.60. The molecular formula is C10H9F2NO4. The Morgan fingerprint density at radius 2 is 2.12 bits per heavy atom. The number of nitrogens with zero attached hydrogens (tertiary/aromatic N) is 1. The van der Waals surface area contributed by atoms with Crippen LogP contribution >= 0.6 is 0 Å².